The van der Waals surface area contributed by atoms with Gasteiger partial charge in [-0.2, -0.15) is 18.2 Å². The molecule has 0 saturated carbocycles. The number of anilines is 2. The smallest absolute Gasteiger partial charge is 0.324 e. The van der Waals surface area contributed by atoms with Crippen molar-refractivity contribution in [1.29, 1.82) is 0 Å². The van der Waals surface area contributed by atoms with Crippen LogP contribution in [0.4, 0.5) is 24.8 Å². The van der Waals surface area contributed by atoms with Gasteiger partial charge in [-0.1, -0.05) is 43.6 Å². The van der Waals surface area contributed by atoms with Crippen LogP contribution in [0.1, 0.15) is 25.0 Å². The summed E-state index contributed by atoms with van der Waals surface area (Å²) in [5, 5.41) is 3.80. The average Bonchev–Trinajstić information content (AvgIpc) is 3.33. The molecule has 6 rings (SSSR count). The number of rotatable bonds is 4. The molecule has 0 atom stereocenters. The molecule has 0 bridgehead atoms. The molecule has 3 aromatic heterocycles. The van der Waals surface area contributed by atoms with E-state index < -0.39 is 18.1 Å². The highest BCUT2D eigenvalue weighted by molar-refractivity contribution is 6.32. The Bertz CT molecular complexity index is 1790. The second-order valence-electron chi connectivity index (χ2n) is 10.3. The maximum Gasteiger partial charge on any atom is 0.401 e. The third-order valence-electron chi connectivity index (χ3n) is 6.85. The summed E-state index contributed by atoms with van der Waals surface area (Å²) in [6, 6.07) is 12.6. The number of nitrogens with zero attached hydrogens (tertiary/aromatic N) is 6. The van der Waals surface area contributed by atoms with E-state index in [2.05, 4.69) is 20.3 Å². The van der Waals surface area contributed by atoms with E-state index in [9.17, 15) is 18.0 Å². The first-order valence-corrected chi connectivity index (χ1v) is 12.6. The van der Waals surface area contributed by atoms with Crippen LogP contribution in [0.25, 0.3) is 22.5 Å². The number of hydrogen-bond acceptors (Lipinski definition) is 6. The fraction of sp³-hybridized carbons (Fsp3) is 0.259. The number of alkyl halides is 3. The molecule has 1 N–H and O–H groups in total. The summed E-state index contributed by atoms with van der Waals surface area (Å²) in [6.07, 6.45) is 0.421. The quantitative estimate of drug-likeness (QED) is 0.317. The first-order chi connectivity index (χ1) is 18.5. The highest BCUT2D eigenvalue weighted by Gasteiger charge is 2.37. The minimum atomic E-state index is -4.27. The summed E-state index contributed by atoms with van der Waals surface area (Å²) < 4.78 is 42.4. The van der Waals surface area contributed by atoms with Crippen molar-refractivity contribution in [1.82, 2.24) is 28.8 Å². The molecule has 12 heteroatoms. The number of benzene rings is 2. The molecular weight excluding hydrogens is 531 g/mol. The minimum Gasteiger partial charge on any atom is -0.324 e. The molecule has 1 aliphatic rings. The number of para-hydroxylation sites is 1. The second kappa shape index (κ2) is 9.06. The largest absolute Gasteiger partial charge is 0.401 e. The molecule has 39 heavy (non-hydrogen) atoms. The first-order valence-electron chi connectivity index (χ1n) is 12.2. The van der Waals surface area contributed by atoms with E-state index in [4.69, 9.17) is 11.6 Å². The second-order valence-corrected chi connectivity index (χ2v) is 10.7. The van der Waals surface area contributed by atoms with Crippen molar-refractivity contribution in [2.45, 2.75) is 32.0 Å². The lowest BCUT2D eigenvalue weighted by Gasteiger charge is -2.40. The Hall–Kier alpha value is -3.96. The van der Waals surface area contributed by atoms with Crippen LogP contribution in [-0.4, -0.2) is 48.1 Å². The third-order valence-corrected chi connectivity index (χ3v) is 7.17. The van der Waals surface area contributed by atoms with Crippen LogP contribution in [0.15, 0.2) is 65.8 Å². The van der Waals surface area contributed by atoms with Crippen LogP contribution in [0.5, 0.6) is 0 Å². The topological polar surface area (TPSA) is 80.4 Å². The normalized spacial score (nSPS) is 15.5. The van der Waals surface area contributed by atoms with E-state index in [1.54, 1.807) is 41.1 Å². The Labute approximate surface area is 225 Å². The Morgan fingerprint density at radius 1 is 1.13 bits per heavy atom. The summed E-state index contributed by atoms with van der Waals surface area (Å²) >= 11 is 6.38. The van der Waals surface area contributed by atoms with Crippen molar-refractivity contribution in [2.24, 2.45) is 0 Å². The Balaban J connectivity index is 1.38. The molecule has 8 nitrogen and oxygen atoms in total. The zero-order chi connectivity index (χ0) is 27.5. The monoisotopic (exact) mass is 553 g/mol. The maximum atomic E-state index is 13.5. The first kappa shape index (κ1) is 25.3. The van der Waals surface area contributed by atoms with Gasteiger partial charge < -0.3 is 5.32 Å². The molecule has 0 saturated heterocycles. The van der Waals surface area contributed by atoms with Crippen molar-refractivity contribution in [3.8, 4) is 5.69 Å². The van der Waals surface area contributed by atoms with Gasteiger partial charge in [0.1, 0.15) is 5.39 Å². The van der Waals surface area contributed by atoms with Gasteiger partial charge in [0.15, 0.2) is 5.65 Å². The summed E-state index contributed by atoms with van der Waals surface area (Å²) in [5.41, 5.74) is 2.47. The van der Waals surface area contributed by atoms with E-state index >= 15 is 0 Å². The standard InChI is InChI=1S/C27H23ClF3N7O/c1-26(2)14-36(15-27(29,30)31)13-16-11-17(7-8-19(16)26)34-24-33-12-18-22(35-24)37-10-9-32-25(37)38(23(18)39)21-6-4-3-5-20(21)28/h3-12H,13-15H2,1-2H3,(H,33,34,35). The van der Waals surface area contributed by atoms with Crippen LogP contribution >= 0.6 is 11.6 Å². The van der Waals surface area contributed by atoms with Gasteiger partial charge in [0.05, 0.1) is 17.3 Å². The predicted octanol–water partition coefficient (Wildman–Crippen LogP) is 5.48. The molecule has 200 valence electrons. The van der Waals surface area contributed by atoms with E-state index in [-0.39, 0.29) is 23.4 Å². The molecule has 1 aliphatic heterocycles. The fourth-order valence-electron chi connectivity index (χ4n) is 5.35. The van der Waals surface area contributed by atoms with Crippen molar-refractivity contribution in [3.63, 3.8) is 0 Å². The summed E-state index contributed by atoms with van der Waals surface area (Å²) in [4.78, 5) is 28.2. The zero-order valence-corrected chi connectivity index (χ0v) is 21.8. The van der Waals surface area contributed by atoms with Crippen LogP contribution in [0.3, 0.4) is 0 Å². The number of imidazole rings is 1. The third kappa shape index (κ3) is 4.61. The van der Waals surface area contributed by atoms with Gasteiger partial charge in [-0.05, 0) is 35.4 Å². The summed E-state index contributed by atoms with van der Waals surface area (Å²) in [5.74, 6) is 0.570. The molecule has 2 aromatic carbocycles. The lowest BCUT2D eigenvalue weighted by Crippen LogP contribution is -2.45. The van der Waals surface area contributed by atoms with Gasteiger partial charge in [-0.3, -0.25) is 14.1 Å². The molecule has 0 spiro atoms. The van der Waals surface area contributed by atoms with E-state index in [0.29, 0.717) is 34.4 Å². The minimum absolute atomic E-state index is 0.184. The highest BCUT2D eigenvalue weighted by Crippen LogP contribution is 2.36. The van der Waals surface area contributed by atoms with Crippen molar-refractivity contribution in [2.75, 3.05) is 18.4 Å². The molecular formula is C27H23ClF3N7O. The van der Waals surface area contributed by atoms with Gasteiger partial charge in [-0.15, -0.1) is 0 Å². The van der Waals surface area contributed by atoms with Gasteiger partial charge in [-0.25, -0.2) is 14.5 Å². The van der Waals surface area contributed by atoms with Crippen molar-refractivity contribution < 1.29 is 13.2 Å². The number of aromatic nitrogens is 5. The lowest BCUT2D eigenvalue weighted by atomic mass is 9.78. The van der Waals surface area contributed by atoms with Gasteiger partial charge in [0.25, 0.3) is 5.56 Å². The number of fused-ring (bicyclic) bond motifs is 4. The van der Waals surface area contributed by atoms with E-state index in [0.717, 1.165) is 11.1 Å². The highest BCUT2D eigenvalue weighted by atomic mass is 35.5. The van der Waals surface area contributed by atoms with Crippen LogP contribution in [0.2, 0.25) is 5.02 Å². The molecule has 5 aromatic rings. The molecule has 0 amide bonds. The summed E-state index contributed by atoms with van der Waals surface area (Å²) in [6.45, 7) is 3.42. The van der Waals surface area contributed by atoms with E-state index in [1.165, 1.54) is 15.7 Å². The molecule has 4 heterocycles. The maximum absolute atomic E-state index is 13.5. The summed E-state index contributed by atoms with van der Waals surface area (Å²) in [7, 11) is 0. The molecule has 0 unspecified atom stereocenters. The average molecular weight is 554 g/mol. The van der Waals surface area contributed by atoms with Crippen LogP contribution < -0.4 is 10.9 Å². The van der Waals surface area contributed by atoms with Gasteiger partial charge in [0, 0.05) is 42.8 Å². The van der Waals surface area contributed by atoms with Crippen molar-refractivity contribution >= 4 is 40.0 Å². The molecule has 0 radical (unpaired) electrons. The van der Waals surface area contributed by atoms with Crippen molar-refractivity contribution in [3.05, 3.63) is 87.6 Å². The number of halogens is 4. The number of nitrogens with one attached hydrogen (secondary N) is 1. The Morgan fingerprint density at radius 3 is 2.69 bits per heavy atom. The van der Waals surface area contributed by atoms with Crippen LogP contribution in [-0.2, 0) is 12.0 Å². The number of hydrogen-bond donors (Lipinski definition) is 1. The molecule has 0 fully saturated rings. The lowest BCUT2D eigenvalue weighted by molar-refractivity contribution is -0.149. The van der Waals surface area contributed by atoms with Gasteiger partial charge in [0.2, 0.25) is 11.7 Å². The Morgan fingerprint density at radius 2 is 1.92 bits per heavy atom. The fourth-order valence-corrected chi connectivity index (χ4v) is 5.57. The van der Waals surface area contributed by atoms with Gasteiger partial charge >= 0.3 is 6.18 Å². The van der Waals surface area contributed by atoms with E-state index in [1.807, 2.05) is 32.0 Å². The van der Waals surface area contributed by atoms with Crippen LogP contribution in [0, 0.1) is 0 Å². The Kier molecular flexibility index (Phi) is 5.88. The molecule has 0 aliphatic carbocycles. The predicted molar refractivity (Wildman–Crippen MR) is 143 cm³/mol. The SMILES string of the molecule is CC1(C)CN(CC(F)(F)F)Cc2cc(Nc3ncc4c(=O)n(-c5ccccc5Cl)c5nccn5c4n3)ccc21. The zero-order valence-electron chi connectivity index (χ0n) is 21.0.